The lowest BCUT2D eigenvalue weighted by Gasteiger charge is -2.37. The predicted octanol–water partition coefficient (Wildman–Crippen LogP) is -0.00300. The summed E-state index contributed by atoms with van der Waals surface area (Å²) in [5.74, 6) is 0.375. The van der Waals surface area contributed by atoms with E-state index >= 15 is 0 Å². The Kier molecular flexibility index (Phi) is 1.35. The van der Waals surface area contributed by atoms with Crippen LogP contribution in [0.2, 0.25) is 0 Å². The van der Waals surface area contributed by atoms with Crippen molar-refractivity contribution in [3.05, 3.63) is 0 Å². The first-order valence-electron chi connectivity index (χ1n) is 5.13. The molecule has 0 aromatic rings. The van der Waals surface area contributed by atoms with Gasteiger partial charge in [0.25, 0.3) is 0 Å². The van der Waals surface area contributed by atoms with Crippen molar-refractivity contribution in [3.63, 3.8) is 0 Å². The Morgan fingerprint density at radius 3 is 1.42 bits per heavy atom. The van der Waals surface area contributed by atoms with Gasteiger partial charge in [-0.25, -0.2) is 0 Å². The van der Waals surface area contributed by atoms with E-state index in [1.54, 1.807) is 0 Å². The summed E-state index contributed by atoms with van der Waals surface area (Å²) >= 11 is 0. The summed E-state index contributed by atoms with van der Waals surface area (Å²) in [5.41, 5.74) is 0. The first-order valence-corrected chi connectivity index (χ1v) is 5.13. The van der Waals surface area contributed by atoms with Crippen molar-refractivity contribution in [2.24, 2.45) is 0 Å². The van der Waals surface area contributed by atoms with Crippen LogP contribution in [0.5, 0.6) is 0 Å². The molecule has 0 aliphatic carbocycles. The molecule has 0 unspecified atom stereocenters. The standard InChI is InChI=1S/C9H17N3/c1-2-9-10-3-4-11(9)7-8-12(9)6-5-10/h2-8H2,1H3. The van der Waals surface area contributed by atoms with Crippen LogP contribution >= 0.6 is 0 Å². The molecule has 12 heavy (non-hydrogen) atoms. The van der Waals surface area contributed by atoms with Crippen molar-refractivity contribution in [2.45, 2.75) is 19.1 Å². The maximum atomic E-state index is 2.67. The van der Waals surface area contributed by atoms with Gasteiger partial charge in [0, 0.05) is 39.3 Å². The third-order valence-corrected chi connectivity index (χ3v) is 3.91. The lowest BCUT2D eigenvalue weighted by Crippen LogP contribution is -2.52. The fourth-order valence-corrected chi connectivity index (χ4v) is 3.40. The van der Waals surface area contributed by atoms with Crippen LogP contribution < -0.4 is 0 Å². The fourth-order valence-electron chi connectivity index (χ4n) is 3.40. The molecule has 3 nitrogen and oxygen atoms in total. The van der Waals surface area contributed by atoms with Gasteiger partial charge in [-0.1, -0.05) is 6.92 Å². The Labute approximate surface area is 73.9 Å². The van der Waals surface area contributed by atoms with Crippen molar-refractivity contribution in [2.75, 3.05) is 39.3 Å². The number of hydrogen-bond donors (Lipinski definition) is 0. The lowest BCUT2D eigenvalue weighted by molar-refractivity contribution is -0.0114. The van der Waals surface area contributed by atoms with Crippen molar-refractivity contribution < 1.29 is 0 Å². The predicted molar refractivity (Wildman–Crippen MR) is 47.7 cm³/mol. The van der Waals surface area contributed by atoms with E-state index in [4.69, 9.17) is 0 Å². The van der Waals surface area contributed by atoms with Crippen molar-refractivity contribution in [1.29, 1.82) is 0 Å². The molecule has 0 aromatic heterocycles. The van der Waals surface area contributed by atoms with Crippen molar-refractivity contribution >= 4 is 0 Å². The first kappa shape index (κ1) is 7.30. The molecular weight excluding hydrogens is 150 g/mol. The maximum Gasteiger partial charge on any atom is 0.131 e. The monoisotopic (exact) mass is 167 g/mol. The molecule has 3 fully saturated rings. The average molecular weight is 167 g/mol. The van der Waals surface area contributed by atoms with E-state index in [9.17, 15) is 0 Å². The molecule has 0 aromatic carbocycles. The molecule has 0 amide bonds. The van der Waals surface area contributed by atoms with Crippen LogP contribution in [-0.2, 0) is 0 Å². The Balaban J connectivity index is 2.02. The Morgan fingerprint density at radius 2 is 1.17 bits per heavy atom. The SMILES string of the molecule is CCC12N3CCN1CCN2CC3. The maximum absolute atomic E-state index is 2.67. The molecule has 0 radical (unpaired) electrons. The topological polar surface area (TPSA) is 9.72 Å². The van der Waals surface area contributed by atoms with E-state index in [-0.39, 0.29) is 0 Å². The van der Waals surface area contributed by atoms with Crippen LogP contribution in [0.15, 0.2) is 0 Å². The highest BCUT2D eigenvalue weighted by molar-refractivity contribution is 5.04. The highest BCUT2D eigenvalue weighted by Crippen LogP contribution is 2.40. The number of rotatable bonds is 1. The van der Waals surface area contributed by atoms with Crippen LogP contribution in [-0.4, -0.2) is 59.8 Å². The zero-order valence-electron chi connectivity index (χ0n) is 7.79. The molecule has 68 valence electrons. The van der Waals surface area contributed by atoms with Gasteiger partial charge in [0.2, 0.25) is 0 Å². The summed E-state index contributed by atoms with van der Waals surface area (Å²) in [4.78, 5) is 8.00. The Bertz CT molecular complexity index is 161. The van der Waals surface area contributed by atoms with Gasteiger partial charge >= 0.3 is 0 Å². The van der Waals surface area contributed by atoms with Gasteiger partial charge in [-0.15, -0.1) is 0 Å². The summed E-state index contributed by atoms with van der Waals surface area (Å²) in [5, 5.41) is 0. The quantitative estimate of drug-likeness (QED) is 0.544. The minimum atomic E-state index is 0.375. The van der Waals surface area contributed by atoms with Crippen LogP contribution in [0.1, 0.15) is 13.3 Å². The molecular formula is C9H17N3. The second kappa shape index (κ2) is 2.22. The van der Waals surface area contributed by atoms with Gasteiger partial charge in [-0.05, 0) is 6.42 Å². The minimum Gasteiger partial charge on any atom is -0.270 e. The molecule has 3 rings (SSSR count). The van der Waals surface area contributed by atoms with E-state index in [0.717, 1.165) is 0 Å². The number of hydrogen-bond acceptors (Lipinski definition) is 3. The normalized spacial score (nSPS) is 34.8. The third kappa shape index (κ3) is 0.605. The molecule has 0 bridgehead atoms. The zero-order chi connectivity index (χ0) is 8.18. The van der Waals surface area contributed by atoms with Gasteiger partial charge in [0.05, 0.1) is 0 Å². The second-order valence-corrected chi connectivity index (χ2v) is 4.09. The van der Waals surface area contributed by atoms with Gasteiger partial charge in [0.15, 0.2) is 0 Å². The molecule has 3 aliphatic heterocycles. The summed E-state index contributed by atoms with van der Waals surface area (Å²) in [7, 11) is 0. The zero-order valence-corrected chi connectivity index (χ0v) is 7.79. The van der Waals surface area contributed by atoms with Crippen LogP contribution in [0.25, 0.3) is 0 Å². The van der Waals surface area contributed by atoms with Crippen molar-refractivity contribution in [1.82, 2.24) is 14.7 Å². The molecule has 3 heteroatoms. The Morgan fingerprint density at radius 1 is 0.833 bits per heavy atom. The fraction of sp³-hybridized carbons (Fsp3) is 1.00. The summed E-state index contributed by atoms with van der Waals surface area (Å²) in [6, 6.07) is 0. The van der Waals surface area contributed by atoms with Gasteiger partial charge in [0.1, 0.15) is 5.79 Å². The van der Waals surface area contributed by atoms with E-state index in [1.165, 1.54) is 45.7 Å². The molecule has 0 atom stereocenters. The Hall–Kier alpha value is -0.120. The smallest absolute Gasteiger partial charge is 0.131 e. The van der Waals surface area contributed by atoms with Gasteiger partial charge in [-0.3, -0.25) is 14.7 Å². The van der Waals surface area contributed by atoms with Crippen LogP contribution in [0.3, 0.4) is 0 Å². The molecule has 0 saturated carbocycles. The van der Waals surface area contributed by atoms with E-state index in [0.29, 0.717) is 5.79 Å². The molecule has 0 spiro atoms. The average Bonchev–Trinajstić information content (AvgIpc) is 2.71. The van der Waals surface area contributed by atoms with Crippen molar-refractivity contribution in [3.8, 4) is 0 Å². The largest absolute Gasteiger partial charge is 0.270 e. The van der Waals surface area contributed by atoms with E-state index in [1.807, 2.05) is 0 Å². The number of nitrogens with zero attached hydrogens (tertiary/aromatic N) is 3. The van der Waals surface area contributed by atoms with E-state index in [2.05, 4.69) is 21.6 Å². The molecule has 3 saturated heterocycles. The lowest BCUT2D eigenvalue weighted by atomic mass is 10.2. The second-order valence-electron chi connectivity index (χ2n) is 4.09. The highest BCUT2D eigenvalue weighted by Gasteiger charge is 2.56. The molecule has 0 N–H and O–H groups in total. The third-order valence-electron chi connectivity index (χ3n) is 3.91. The summed E-state index contributed by atoms with van der Waals surface area (Å²) in [6.45, 7) is 10.1. The highest BCUT2D eigenvalue weighted by atomic mass is 15.7. The molecule has 3 heterocycles. The van der Waals surface area contributed by atoms with Crippen LogP contribution in [0.4, 0.5) is 0 Å². The summed E-state index contributed by atoms with van der Waals surface area (Å²) < 4.78 is 0. The van der Waals surface area contributed by atoms with E-state index < -0.39 is 0 Å². The first-order chi connectivity index (χ1) is 5.88. The van der Waals surface area contributed by atoms with Crippen LogP contribution in [0, 0.1) is 0 Å². The van der Waals surface area contributed by atoms with Gasteiger partial charge < -0.3 is 0 Å². The van der Waals surface area contributed by atoms with Gasteiger partial charge in [-0.2, -0.15) is 0 Å². The summed E-state index contributed by atoms with van der Waals surface area (Å²) in [6.07, 6.45) is 1.27. The molecule has 3 aliphatic rings. The minimum absolute atomic E-state index is 0.375.